The van der Waals surface area contributed by atoms with Crippen LogP contribution in [-0.2, 0) is 24.3 Å². The third-order valence-electron chi connectivity index (χ3n) is 3.71. The van der Waals surface area contributed by atoms with Crippen LogP contribution in [-0.4, -0.2) is 82.5 Å². The smallest absolute Gasteiger partial charge is 0.309 e. The third-order valence-corrected chi connectivity index (χ3v) is 6.97. The maximum absolute atomic E-state index is 12.6. The predicted octanol–water partition coefficient (Wildman–Crippen LogP) is -0.721. The van der Waals surface area contributed by atoms with E-state index >= 15 is 0 Å². The van der Waals surface area contributed by atoms with Crippen molar-refractivity contribution in [2.24, 2.45) is 0 Å². The molecule has 2 amide bonds. The molecule has 1 aromatic heterocycles. The van der Waals surface area contributed by atoms with Crippen LogP contribution in [0.3, 0.4) is 0 Å². The van der Waals surface area contributed by atoms with Crippen molar-refractivity contribution in [3.63, 3.8) is 0 Å². The number of carbonyl (C=O) groups is 2. The van der Waals surface area contributed by atoms with Crippen molar-refractivity contribution >= 4 is 33.2 Å². The second-order valence-corrected chi connectivity index (χ2v) is 9.06. The number of rotatable bonds is 8. The van der Waals surface area contributed by atoms with Gasteiger partial charge in [0.1, 0.15) is 10.4 Å². The van der Waals surface area contributed by atoms with Gasteiger partial charge in [0.15, 0.2) is 0 Å². The minimum atomic E-state index is -3.67. The highest BCUT2D eigenvalue weighted by Gasteiger charge is 2.37. The van der Waals surface area contributed by atoms with E-state index in [1.54, 1.807) is 11.4 Å². The molecule has 1 aromatic rings. The van der Waals surface area contributed by atoms with Gasteiger partial charge in [0, 0.05) is 13.1 Å². The molecule has 1 aliphatic rings. The average Bonchev–Trinajstić information content (AvgIpc) is 3.27. The summed E-state index contributed by atoms with van der Waals surface area (Å²) >= 11 is 1.12. The summed E-state index contributed by atoms with van der Waals surface area (Å²) in [7, 11) is 0.177. The van der Waals surface area contributed by atoms with E-state index in [2.05, 4.69) is 10.6 Å². The van der Waals surface area contributed by atoms with Gasteiger partial charge in [-0.25, -0.2) is 8.42 Å². The Morgan fingerprint density at radius 1 is 1.35 bits per heavy atom. The van der Waals surface area contributed by atoms with E-state index in [4.69, 9.17) is 4.74 Å². The molecule has 0 radical (unpaired) electrons. The molecule has 146 valence electrons. The van der Waals surface area contributed by atoms with Gasteiger partial charge in [-0.05, 0) is 38.5 Å². The molecule has 2 N–H and O–H groups in total. The Morgan fingerprint density at radius 2 is 2.08 bits per heavy atom. The normalized spacial score (nSPS) is 18.2. The summed E-state index contributed by atoms with van der Waals surface area (Å²) < 4.78 is 32.0. The lowest BCUT2D eigenvalue weighted by Gasteiger charge is -2.22. The van der Waals surface area contributed by atoms with E-state index in [0.29, 0.717) is 6.54 Å². The fourth-order valence-electron chi connectivity index (χ4n) is 2.41. The van der Waals surface area contributed by atoms with Crippen LogP contribution in [0.5, 0.6) is 0 Å². The van der Waals surface area contributed by atoms with Crippen molar-refractivity contribution in [2.45, 2.75) is 16.9 Å². The quantitative estimate of drug-likeness (QED) is 0.437. The summed E-state index contributed by atoms with van der Waals surface area (Å²) in [6.07, 6.45) is -0.0995. The Bertz CT molecular complexity index is 706. The lowest BCUT2D eigenvalue weighted by atomic mass is 10.4. The molecule has 1 saturated heterocycles. The van der Waals surface area contributed by atoms with Gasteiger partial charge in [-0.3, -0.25) is 9.59 Å². The number of carbonyl (C=O) groups excluding carboxylic acids is 2. The Hall–Kier alpha value is -1.53. The number of nitrogens with zero attached hydrogens (tertiary/aromatic N) is 2. The molecule has 11 heteroatoms. The van der Waals surface area contributed by atoms with Crippen LogP contribution in [0.15, 0.2) is 21.7 Å². The summed E-state index contributed by atoms with van der Waals surface area (Å²) in [4.78, 5) is 25.6. The van der Waals surface area contributed by atoms with Gasteiger partial charge in [0.25, 0.3) is 10.0 Å². The monoisotopic (exact) mass is 404 g/mol. The maximum atomic E-state index is 12.6. The highest BCUT2D eigenvalue weighted by Crippen LogP contribution is 2.25. The first-order valence-electron chi connectivity index (χ1n) is 8.20. The highest BCUT2D eigenvalue weighted by molar-refractivity contribution is 7.91. The first kappa shape index (κ1) is 20.8. The van der Waals surface area contributed by atoms with Crippen molar-refractivity contribution in [2.75, 3.05) is 46.9 Å². The summed E-state index contributed by atoms with van der Waals surface area (Å²) in [5.41, 5.74) is 0. The number of hydrogen-bond acceptors (Lipinski definition) is 7. The number of amides is 2. The highest BCUT2D eigenvalue weighted by atomic mass is 32.2. The summed E-state index contributed by atoms with van der Waals surface area (Å²) in [6.45, 7) is 1.55. The standard InChI is InChI=1S/C15H24N4O5S2/c1-18(2)7-4-6-16-14(20)15(21)17-11-12-19(8-9-24-12)26(22,23)13-5-3-10-25-13/h3,5,10,12H,4,6-9,11H2,1-2H3,(H,16,20)(H,17,21)/t12-/m1/s1. The molecule has 2 rings (SSSR count). The maximum Gasteiger partial charge on any atom is 0.309 e. The molecule has 0 bridgehead atoms. The van der Waals surface area contributed by atoms with E-state index in [-0.39, 0.29) is 23.9 Å². The molecule has 0 spiro atoms. The molecule has 0 aromatic carbocycles. The van der Waals surface area contributed by atoms with Crippen LogP contribution in [0.2, 0.25) is 0 Å². The van der Waals surface area contributed by atoms with Crippen LogP contribution >= 0.6 is 11.3 Å². The third kappa shape index (κ3) is 5.48. The van der Waals surface area contributed by atoms with Gasteiger partial charge in [0.2, 0.25) is 0 Å². The summed E-state index contributed by atoms with van der Waals surface area (Å²) in [6, 6.07) is 3.18. The molecule has 2 heterocycles. The SMILES string of the molecule is CN(C)CCCNC(=O)C(=O)NC[C@H]1OCCN1S(=O)(=O)c1cccs1. The largest absolute Gasteiger partial charge is 0.359 e. The van der Waals surface area contributed by atoms with E-state index in [0.717, 1.165) is 24.3 Å². The Morgan fingerprint density at radius 3 is 2.73 bits per heavy atom. The van der Waals surface area contributed by atoms with E-state index in [9.17, 15) is 18.0 Å². The number of ether oxygens (including phenoxy) is 1. The van der Waals surface area contributed by atoms with Crippen LogP contribution in [0, 0.1) is 0 Å². The van der Waals surface area contributed by atoms with E-state index in [1.165, 1.54) is 10.4 Å². The van der Waals surface area contributed by atoms with Gasteiger partial charge in [0.05, 0.1) is 13.2 Å². The molecule has 0 unspecified atom stereocenters. The number of sulfonamides is 1. The first-order valence-corrected chi connectivity index (χ1v) is 10.5. The zero-order valence-electron chi connectivity index (χ0n) is 14.8. The predicted molar refractivity (Wildman–Crippen MR) is 97.1 cm³/mol. The van der Waals surface area contributed by atoms with Crippen LogP contribution in [0.4, 0.5) is 0 Å². The van der Waals surface area contributed by atoms with Crippen molar-refractivity contribution < 1.29 is 22.7 Å². The number of hydrogen-bond donors (Lipinski definition) is 2. The molecule has 0 aliphatic carbocycles. The fraction of sp³-hybridized carbons (Fsp3) is 0.600. The van der Waals surface area contributed by atoms with Crippen LogP contribution < -0.4 is 10.6 Å². The van der Waals surface area contributed by atoms with Crippen molar-refractivity contribution in [3.05, 3.63) is 17.5 Å². The van der Waals surface area contributed by atoms with Crippen LogP contribution in [0.1, 0.15) is 6.42 Å². The Balaban J connectivity index is 1.82. The molecule has 9 nitrogen and oxygen atoms in total. The molecule has 0 saturated carbocycles. The minimum Gasteiger partial charge on any atom is -0.359 e. The van der Waals surface area contributed by atoms with Crippen molar-refractivity contribution in [3.8, 4) is 0 Å². The topological polar surface area (TPSA) is 108 Å². The zero-order chi connectivity index (χ0) is 19.2. The lowest BCUT2D eigenvalue weighted by Crippen LogP contribution is -2.47. The van der Waals surface area contributed by atoms with E-state index < -0.39 is 28.1 Å². The molecular formula is C15H24N4O5S2. The summed E-state index contributed by atoms with van der Waals surface area (Å²) in [5.74, 6) is -1.55. The van der Waals surface area contributed by atoms with Gasteiger partial charge >= 0.3 is 11.8 Å². The second-order valence-electron chi connectivity index (χ2n) is 6.00. The minimum absolute atomic E-state index is 0.0887. The number of thiophene rings is 1. The van der Waals surface area contributed by atoms with Crippen LogP contribution in [0.25, 0.3) is 0 Å². The fourth-order valence-corrected chi connectivity index (χ4v) is 5.04. The molecule has 1 atom stereocenters. The zero-order valence-corrected chi connectivity index (χ0v) is 16.4. The van der Waals surface area contributed by atoms with Crippen molar-refractivity contribution in [1.29, 1.82) is 0 Å². The summed E-state index contributed by atoms with van der Waals surface area (Å²) in [5, 5.41) is 6.64. The molecule has 1 fully saturated rings. The van der Waals surface area contributed by atoms with Crippen molar-refractivity contribution in [1.82, 2.24) is 19.8 Å². The second kappa shape index (κ2) is 9.42. The molecular weight excluding hydrogens is 380 g/mol. The molecule has 26 heavy (non-hydrogen) atoms. The Labute approximate surface area is 157 Å². The van der Waals surface area contributed by atoms with E-state index in [1.807, 2.05) is 19.0 Å². The average molecular weight is 405 g/mol. The van der Waals surface area contributed by atoms with Gasteiger partial charge in [-0.15, -0.1) is 11.3 Å². The Kier molecular flexibility index (Phi) is 7.53. The number of nitrogens with one attached hydrogen (secondary N) is 2. The molecule has 1 aliphatic heterocycles. The lowest BCUT2D eigenvalue weighted by molar-refractivity contribution is -0.139. The van der Waals surface area contributed by atoms with Gasteiger partial charge in [-0.1, -0.05) is 6.07 Å². The first-order chi connectivity index (χ1) is 12.3. The van der Waals surface area contributed by atoms with Gasteiger partial charge in [-0.2, -0.15) is 4.31 Å². The van der Waals surface area contributed by atoms with Gasteiger partial charge < -0.3 is 20.3 Å².